The molecule has 1 unspecified atom stereocenters. The van der Waals surface area contributed by atoms with E-state index in [2.05, 4.69) is 10.2 Å². The van der Waals surface area contributed by atoms with Crippen LogP contribution in [0.4, 0.5) is 5.69 Å². The van der Waals surface area contributed by atoms with Crippen molar-refractivity contribution < 1.29 is 9.53 Å². The van der Waals surface area contributed by atoms with Gasteiger partial charge in [0.2, 0.25) is 5.91 Å². The van der Waals surface area contributed by atoms with Crippen molar-refractivity contribution in [1.82, 2.24) is 9.47 Å². The van der Waals surface area contributed by atoms with Crippen LogP contribution in [0.3, 0.4) is 0 Å². The van der Waals surface area contributed by atoms with Gasteiger partial charge in [-0.1, -0.05) is 6.07 Å². The summed E-state index contributed by atoms with van der Waals surface area (Å²) in [4.78, 5) is 28.9. The van der Waals surface area contributed by atoms with Gasteiger partial charge in [0, 0.05) is 48.8 Å². The summed E-state index contributed by atoms with van der Waals surface area (Å²) in [5.74, 6) is 2.23. The summed E-state index contributed by atoms with van der Waals surface area (Å²) >= 11 is 0. The lowest BCUT2D eigenvalue weighted by molar-refractivity contribution is -0.127. The monoisotopic (exact) mass is 421 g/mol. The first-order chi connectivity index (χ1) is 15.1. The van der Waals surface area contributed by atoms with Crippen molar-refractivity contribution >= 4 is 22.4 Å². The largest absolute Gasteiger partial charge is 0.379 e. The number of rotatable bonds is 5. The first-order valence-electron chi connectivity index (χ1n) is 11.9. The molecular weight excluding hydrogens is 390 g/mol. The van der Waals surface area contributed by atoms with Gasteiger partial charge in [0.05, 0.1) is 18.6 Å². The molecule has 2 heterocycles. The Kier molecular flexibility index (Phi) is 4.69. The van der Waals surface area contributed by atoms with Crippen molar-refractivity contribution in [2.45, 2.75) is 38.6 Å². The zero-order chi connectivity index (χ0) is 21.0. The Morgan fingerprint density at radius 2 is 1.81 bits per heavy atom. The quantitative estimate of drug-likeness (QED) is 0.806. The lowest BCUT2D eigenvalue weighted by atomic mass is 9.75. The van der Waals surface area contributed by atoms with Crippen LogP contribution in [0.25, 0.3) is 10.8 Å². The molecule has 164 valence electrons. The standard InChI is InChI=1S/C25H31N3O3/c29-23-21-2-1-3-22(20(21)4-5-28(23)7-6-27-8-10-31-11-9-27)26-24(30)25-15-17-12-18(16-25)14-19(25)13-17/h1-5,17-19H,6-16H2,(H,26,30)/t17-,18?,19+,25-/m0/s1. The van der Waals surface area contributed by atoms with Crippen LogP contribution in [0.5, 0.6) is 0 Å². The van der Waals surface area contributed by atoms with Gasteiger partial charge in [0.25, 0.3) is 5.56 Å². The van der Waals surface area contributed by atoms with Crippen molar-refractivity contribution in [3.63, 3.8) is 0 Å². The average molecular weight is 422 g/mol. The van der Waals surface area contributed by atoms with Crippen molar-refractivity contribution in [3.05, 3.63) is 40.8 Å². The zero-order valence-electron chi connectivity index (χ0n) is 18.0. The molecule has 0 spiro atoms. The highest BCUT2D eigenvalue weighted by molar-refractivity contribution is 6.04. The maximum absolute atomic E-state index is 13.4. The molecule has 2 aromatic rings. The lowest BCUT2D eigenvalue weighted by Gasteiger charge is -2.31. The van der Waals surface area contributed by atoms with Crippen molar-refractivity contribution in [2.24, 2.45) is 23.2 Å². The molecule has 5 aliphatic rings. The Bertz CT molecular complexity index is 1060. The third-order valence-corrected chi connectivity index (χ3v) is 8.47. The van der Waals surface area contributed by atoms with E-state index in [1.807, 2.05) is 30.5 Å². The van der Waals surface area contributed by atoms with Crippen molar-refractivity contribution in [3.8, 4) is 0 Å². The summed E-state index contributed by atoms with van der Waals surface area (Å²) in [5, 5.41) is 4.77. The lowest BCUT2D eigenvalue weighted by Crippen LogP contribution is -2.39. The van der Waals surface area contributed by atoms with Crippen LogP contribution in [0.2, 0.25) is 0 Å². The maximum atomic E-state index is 13.4. The fourth-order valence-corrected chi connectivity index (χ4v) is 7.09. The van der Waals surface area contributed by atoms with Crippen molar-refractivity contribution in [2.75, 3.05) is 38.2 Å². The molecular formula is C25H31N3O3. The van der Waals surface area contributed by atoms with Crippen LogP contribution in [0, 0.1) is 23.2 Å². The Morgan fingerprint density at radius 1 is 1.03 bits per heavy atom. The molecule has 0 radical (unpaired) electrons. The number of carbonyl (C=O) groups excluding carboxylic acids is 1. The SMILES string of the molecule is O=C(Nc1cccc2c(=O)n(CCN3CCOCC3)ccc12)[C@@]12CC3C[C@@H](C[C@@H]1C3)C2. The average Bonchev–Trinajstić information content (AvgIpc) is 3.19. The molecule has 1 aromatic heterocycles. The number of anilines is 1. The van der Waals surface area contributed by atoms with Gasteiger partial charge in [-0.25, -0.2) is 0 Å². The molecule has 1 saturated heterocycles. The summed E-state index contributed by atoms with van der Waals surface area (Å²) < 4.78 is 7.20. The smallest absolute Gasteiger partial charge is 0.258 e. The number of hydrogen-bond donors (Lipinski definition) is 1. The predicted molar refractivity (Wildman–Crippen MR) is 120 cm³/mol. The second-order valence-electron chi connectivity index (χ2n) is 10.2. The number of amides is 1. The van der Waals surface area contributed by atoms with E-state index in [0.29, 0.717) is 17.8 Å². The fraction of sp³-hybridized carbons (Fsp3) is 0.600. The van der Waals surface area contributed by atoms with Gasteiger partial charge in [-0.3, -0.25) is 14.5 Å². The molecule has 4 bridgehead atoms. The van der Waals surface area contributed by atoms with Crippen LogP contribution in [0.15, 0.2) is 35.3 Å². The highest BCUT2D eigenvalue weighted by Gasteiger charge is 2.61. The fourth-order valence-electron chi connectivity index (χ4n) is 7.09. The van der Waals surface area contributed by atoms with Gasteiger partial charge in [0.1, 0.15) is 0 Å². The number of hydrogen-bond acceptors (Lipinski definition) is 4. The van der Waals surface area contributed by atoms with E-state index < -0.39 is 0 Å². The number of aromatic nitrogens is 1. The van der Waals surface area contributed by atoms with E-state index in [0.717, 1.165) is 68.6 Å². The topological polar surface area (TPSA) is 63.6 Å². The number of nitrogens with zero attached hydrogens (tertiary/aromatic N) is 2. The van der Waals surface area contributed by atoms with Gasteiger partial charge in [-0.15, -0.1) is 0 Å². The Labute approximate surface area is 182 Å². The molecule has 1 aliphatic heterocycles. The molecule has 1 amide bonds. The Hall–Kier alpha value is -2.18. The highest BCUT2D eigenvalue weighted by Crippen LogP contribution is 2.65. The summed E-state index contributed by atoms with van der Waals surface area (Å²) in [7, 11) is 0. The molecule has 4 atom stereocenters. The van der Waals surface area contributed by atoms with E-state index >= 15 is 0 Å². The van der Waals surface area contributed by atoms with Crippen LogP contribution in [0.1, 0.15) is 32.1 Å². The molecule has 4 saturated carbocycles. The number of fused-ring (bicyclic) bond motifs is 1. The van der Waals surface area contributed by atoms with Crippen molar-refractivity contribution in [1.29, 1.82) is 0 Å². The summed E-state index contributed by atoms with van der Waals surface area (Å²) in [6, 6.07) is 7.69. The highest BCUT2D eigenvalue weighted by atomic mass is 16.5. The first-order valence-corrected chi connectivity index (χ1v) is 11.9. The number of ether oxygens (including phenoxy) is 1. The Balaban J connectivity index is 1.23. The summed E-state index contributed by atoms with van der Waals surface area (Å²) in [6.07, 6.45) is 7.77. The number of morpholine rings is 1. The minimum absolute atomic E-state index is 0.0147. The molecule has 1 N–H and O–H groups in total. The van der Waals surface area contributed by atoms with Crippen LogP contribution < -0.4 is 10.9 Å². The molecule has 5 fully saturated rings. The van der Waals surface area contributed by atoms with Gasteiger partial charge >= 0.3 is 0 Å². The minimum atomic E-state index is -0.164. The van der Waals surface area contributed by atoms with E-state index in [9.17, 15) is 9.59 Å². The second-order valence-corrected chi connectivity index (χ2v) is 10.2. The molecule has 4 aliphatic carbocycles. The summed E-state index contributed by atoms with van der Waals surface area (Å²) in [5.41, 5.74) is 0.629. The maximum Gasteiger partial charge on any atom is 0.258 e. The van der Waals surface area contributed by atoms with Gasteiger partial charge in [-0.2, -0.15) is 0 Å². The third-order valence-electron chi connectivity index (χ3n) is 8.47. The second kappa shape index (κ2) is 7.45. The number of benzene rings is 1. The predicted octanol–water partition coefficient (Wildman–Crippen LogP) is 3.10. The summed E-state index contributed by atoms with van der Waals surface area (Å²) in [6.45, 7) is 4.88. The first kappa shape index (κ1) is 19.5. The van der Waals surface area contributed by atoms with Crippen LogP contribution in [-0.4, -0.2) is 48.2 Å². The van der Waals surface area contributed by atoms with Crippen LogP contribution >= 0.6 is 0 Å². The molecule has 6 heteroatoms. The number of carbonyl (C=O) groups is 1. The van der Waals surface area contributed by atoms with E-state index in [1.165, 1.54) is 19.3 Å². The molecule has 31 heavy (non-hydrogen) atoms. The normalized spacial score (nSPS) is 32.1. The van der Waals surface area contributed by atoms with E-state index in [4.69, 9.17) is 4.74 Å². The van der Waals surface area contributed by atoms with E-state index in [-0.39, 0.29) is 16.9 Å². The van der Waals surface area contributed by atoms with Gasteiger partial charge in [-0.05, 0) is 68.1 Å². The zero-order valence-corrected chi connectivity index (χ0v) is 18.0. The van der Waals surface area contributed by atoms with Gasteiger partial charge < -0.3 is 14.6 Å². The number of nitrogens with one attached hydrogen (secondary N) is 1. The number of pyridine rings is 1. The van der Waals surface area contributed by atoms with Crippen LogP contribution in [-0.2, 0) is 16.1 Å². The minimum Gasteiger partial charge on any atom is -0.379 e. The van der Waals surface area contributed by atoms with E-state index in [1.54, 1.807) is 4.57 Å². The third kappa shape index (κ3) is 3.23. The molecule has 6 nitrogen and oxygen atoms in total. The van der Waals surface area contributed by atoms with Gasteiger partial charge in [0.15, 0.2) is 0 Å². The Morgan fingerprint density at radius 3 is 2.58 bits per heavy atom. The molecule has 1 aromatic carbocycles. The molecule has 7 rings (SSSR count).